The summed E-state index contributed by atoms with van der Waals surface area (Å²) in [4.78, 5) is 12.1. The molecule has 5 heteroatoms. The Kier molecular flexibility index (Phi) is 6.20. The molecule has 4 aromatic rings. The normalized spacial score (nSPS) is 11.0. The van der Waals surface area contributed by atoms with Crippen molar-refractivity contribution in [3.8, 4) is 5.75 Å². The van der Waals surface area contributed by atoms with Gasteiger partial charge in [0.25, 0.3) is 5.91 Å². The maximum absolute atomic E-state index is 12.1. The van der Waals surface area contributed by atoms with Crippen molar-refractivity contribution in [2.45, 2.75) is 6.61 Å². The first-order chi connectivity index (χ1) is 14.7. The molecule has 4 rings (SSSR count). The molecule has 0 aliphatic carbocycles. The lowest BCUT2D eigenvalue weighted by Crippen LogP contribution is -2.17. The smallest absolute Gasteiger partial charge is 0.271 e. The van der Waals surface area contributed by atoms with E-state index < -0.39 is 0 Å². The van der Waals surface area contributed by atoms with E-state index in [1.807, 2.05) is 54.6 Å². The Hall–Kier alpha value is -3.44. The van der Waals surface area contributed by atoms with Gasteiger partial charge in [-0.2, -0.15) is 5.10 Å². The van der Waals surface area contributed by atoms with Crippen molar-refractivity contribution in [3.05, 3.63) is 112 Å². The van der Waals surface area contributed by atoms with Crippen molar-refractivity contribution in [2.75, 3.05) is 0 Å². The van der Waals surface area contributed by atoms with E-state index in [-0.39, 0.29) is 5.91 Å². The van der Waals surface area contributed by atoms with E-state index in [1.165, 1.54) is 10.8 Å². The van der Waals surface area contributed by atoms with Crippen molar-refractivity contribution < 1.29 is 9.53 Å². The number of halogens is 1. The highest BCUT2D eigenvalue weighted by atomic mass is 79.9. The molecule has 0 heterocycles. The Morgan fingerprint density at radius 1 is 0.900 bits per heavy atom. The number of carbonyl (C=O) groups is 1. The molecule has 0 spiro atoms. The fourth-order valence-corrected chi connectivity index (χ4v) is 3.33. The van der Waals surface area contributed by atoms with Crippen LogP contribution in [0.1, 0.15) is 21.5 Å². The largest absolute Gasteiger partial charge is 0.489 e. The summed E-state index contributed by atoms with van der Waals surface area (Å²) in [5.41, 5.74) is 5.09. The van der Waals surface area contributed by atoms with Gasteiger partial charge >= 0.3 is 0 Å². The molecule has 4 aromatic carbocycles. The fourth-order valence-electron chi connectivity index (χ4n) is 3.06. The van der Waals surface area contributed by atoms with Gasteiger partial charge < -0.3 is 4.74 Å². The van der Waals surface area contributed by atoms with E-state index in [0.29, 0.717) is 12.2 Å². The molecule has 148 valence electrons. The third-order valence-corrected chi connectivity index (χ3v) is 5.17. The SMILES string of the molecule is O=C(N/N=C\c1ccc(OCc2cccc3ccccc23)cc1)c1ccc(Br)cc1. The second-order valence-corrected chi connectivity index (χ2v) is 7.62. The van der Waals surface area contributed by atoms with Gasteiger partial charge in [-0.3, -0.25) is 4.79 Å². The van der Waals surface area contributed by atoms with E-state index in [1.54, 1.807) is 18.3 Å². The first kappa shape index (κ1) is 19.9. The number of carbonyl (C=O) groups excluding carboxylic acids is 1. The monoisotopic (exact) mass is 458 g/mol. The number of benzene rings is 4. The van der Waals surface area contributed by atoms with Gasteiger partial charge in [-0.05, 0) is 70.4 Å². The summed E-state index contributed by atoms with van der Waals surface area (Å²) >= 11 is 3.35. The van der Waals surface area contributed by atoms with Crippen LogP contribution >= 0.6 is 15.9 Å². The van der Waals surface area contributed by atoms with Gasteiger partial charge in [-0.1, -0.05) is 58.4 Å². The highest BCUT2D eigenvalue weighted by Gasteiger charge is 2.04. The Labute approximate surface area is 183 Å². The van der Waals surface area contributed by atoms with Crippen molar-refractivity contribution in [3.63, 3.8) is 0 Å². The van der Waals surface area contributed by atoms with Crippen LogP contribution < -0.4 is 10.2 Å². The molecular weight excluding hydrogens is 440 g/mol. The zero-order valence-electron chi connectivity index (χ0n) is 16.1. The third kappa shape index (κ3) is 4.93. The molecule has 4 nitrogen and oxygen atoms in total. The molecule has 0 unspecified atom stereocenters. The topological polar surface area (TPSA) is 50.7 Å². The molecule has 0 radical (unpaired) electrons. The molecule has 0 saturated carbocycles. The summed E-state index contributed by atoms with van der Waals surface area (Å²) in [6.07, 6.45) is 1.60. The van der Waals surface area contributed by atoms with Crippen LogP contribution in [0.15, 0.2) is 101 Å². The standard InChI is InChI=1S/C25H19BrN2O2/c26-22-12-10-20(11-13-22)25(29)28-27-16-18-8-14-23(15-9-18)30-17-21-6-3-5-19-4-1-2-7-24(19)21/h1-16H,17H2,(H,28,29)/b27-16-. The number of rotatable bonds is 6. The summed E-state index contributed by atoms with van der Waals surface area (Å²) in [7, 11) is 0. The van der Waals surface area contributed by atoms with Crippen LogP contribution in [0.4, 0.5) is 0 Å². The van der Waals surface area contributed by atoms with Crippen LogP contribution in [0, 0.1) is 0 Å². The molecule has 30 heavy (non-hydrogen) atoms. The van der Waals surface area contributed by atoms with Crippen molar-refractivity contribution >= 4 is 38.8 Å². The van der Waals surface area contributed by atoms with E-state index in [2.05, 4.69) is 50.7 Å². The summed E-state index contributed by atoms with van der Waals surface area (Å²) < 4.78 is 6.87. The number of fused-ring (bicyclic) bond motifs is 1. The second kappa shape index (κ2) is 9.37. The molecule has 0 aliphatic rings. The Morgan fingerprint density at radius 2 is 1.63 bits per heavy atom. The molecule has 1 N–H and O–H groups in total. The Bertz CT molecular complexity index is 1180. The number of amides is 1. The molecule has 0 atom stereocenters. The van der Waals surface area contributed by atoms with Crippen LogP contribution in [0.3, 0.4) is 0 Å². The third-order valence-electron chi connectivity index (χ3n) is 4.64. The van der Waals surface area contributed by atoms with E-state index in [0.717, 1.165) is 21.3 Å². The first-order valence-electron chi connectivity index (χ1n) is 9.47. The van der Waals surface area contributed by atoms with Gasteiger partial charge in [-0.15, -0.1) is 0 Å². The first-order valence-corrected chi connectivity index (χ1v) is 10.3. The van der Waals surface area contributed by atoms with Gasteiger partial charge in [0.1, 0.15) is 12.4 Å². The van der Waals surface area contributed by atoms with Crippen LogP contribution in [0.25, 0.3) is 10.8 Å². The quantitative estimate of drug-likeness (QED) is 0.286. The minimum Gasteiger partial charge on any atom is -0.489 e. The highest BCUT2D eigenvalue weighted by Crippen LogP contribution is 2.21. The number of hydrogen-bond donors (Lipinski definition) is 1. The number of hydrazone groups is 1. The lowest BCUT2D eigenvalue weighted by atomic mass is 10.1. The van der Waals surface area contributed by atoms with Crippen LogP contribution in [0.2, 0.25) is 0 Å². The molecule has 0 aliphatic heterocycles. The van der Waals surface area contributed by atoms with E-state index in [9.17, 15) is 4.79 Å². The van der Waals surface area contributed by atoms with Gasteiger partial charge in [0.2, 0.25) is 0 Å². The van der Waals surface area contributed by atoms with Crippen LogP contribution in [-0.2, 0) is 6.61 Å². The number of ether oxygens (including phenoxy) is 1. The average molecular weight is 459 g/mol. The van der Waals surface area contributed by atoms with Gasteiger partial charge in [0, 0.05) is 10.0 Å². The van der Waals surface area contributed by atoms with Crippen molar-refractivity contribution in [2.24, 2.45) is 5.10 Å². The zero-order valence-corrected chi connectivity index (χ0v) is 17.7. The molecule has 0 aromatic heterocycles. The molecule has 0 bridgehead atoms. The maximum Gasteiger partial charge on any atom is 0.271 e. The average Bonchev–Trinajstić information content (AvgIpc) is 2.79. The predicted molar refractivity (Wildman–Crippen MR) is 124 cm³/mol. The fraction of sp³-hybridized carbons (Fsp3) is 0.0400. The van der Waals surface area contributed by atoms with Gasteiger partial charge in [0.15, 0.2) is 0 Å². The molecule has 1 amide bonds. The number of hydrogen-bond acceptors (Lipinski definition) is 3. The number of nitrogens with one attached hydrogen (secondary N) is 1. The van der Waals surface area contributed by atoms with E-state index >= 15 is 0 Å². The summed E-state index contributed by atoms with van der Waals surface area (Å²) in [6, 6.07) is 29.2. The van der Waals surface area contributed by atoms with Crippen LogP contribution in [-0.4, -0.2) is 12.1 Å². The predicted octanol–water partition coefficient (Wildman–Crippen LogP) is 5.95. The second-order valence-electron chi connectivity index (χ2n) is 6.70. The van der Waals surface area contributed by atoms with Gasteiger partial charge in [-0.25, -0.2) is 5.43 Å². The lowest BCUT2D eigenvalue weighted by Gasteiger charge is -2.09. The Morgan fingerprint density at radius 3 is 2.43 bits per heavy atom. The lowest BCUT2D eigenvalue weighted by molar-refractivity contribution is 0.0955. The molecule has 0 fully saturated rings. The molecule has 0 saturated heterocycles. The zero-order chi connectivity index (χ0) is 20.8. The maximum atomic E-state index is 12.1. The summed E-state index contributed by atoms with van der Waals surface area (Å²) in [5, 5.41) is 6.42. The van der Waals surface area contributed by atoms with Crippen molar-refractivity contribution in [1.82, 2.24) is 5.43 Å². The van der Waals surface area contributed by atoms with E-state index in [4.69, 9.17) is 4.74 Å². The minimum atomic E-state index is -0.256. The van der Waals surface area contributed by atoms with Crippen LogP contribution in [0.5, 0.6) is 5.75 Å². The summed E-state index contributed by atoms with van der Waals surface area (Å²) in [6.45, 7) is 0.498. The minimum absolute atomic E-state index is 0.256. The number of nitrogens with zero attached hydrogens (tertiary/aromatic N) is 1. The Balaban J connectivity index is 1.34. The van der Waals surface area contributed by atoms with Gasteiger partial charge in [0.05, 0.1) is 6.21 Å². The highest BCUT2D eigenvalue weighted by molar-refractivity contribution is 9.10. The van der Waals surface area contributed by atoms with Crippen molar-refractivity contribution in [1.29, 1.82) is 0 Å². The molecular formula is C25H19BrN2O2. The summed E-state index contributed by atoms with van der Waals surface area (Å²) in [5.74, 6) is 0.521.